The molecule has 7 N–H and O–H groups in total. The fourth-order valence-corrected chi connectivity index (χ4v) is 5.28. The van der Waals surface area contributed by atoms with Gasteiger partial charge in [0.15, 0.2) is 0 Å². The zero-order valence-corrected chi connectivity index (χ0v) is 34.7. The van der Waals surface area contributed by atoms with Crippen LogP contribution in [0.25, 0.3) is 0 Å². The van der Waals surface area contributed by atoms with Crippen LogP contribution in [0.5, 0.6) is 0 Å². The van der Waals surface area contributed by atoms with Crippen LogP contribution in [0, 0.1) is 11.3 Å². The number of nitrogens with zero attached hydrogens (tertiary/aromatic N) is 1. The Kier molecular flexibility index (Phi) is 22.2. The third-order valence-electron chi connectivity index (χ3n) is 8.61. The minimum atomic E-state index is -1.03. The number of ether oxygens (including phenoxy) is 4. The lowest BCUT2D eigenvalue weighted by Gasteiger charge is -2.25. The van der Waals surface area contributed by atoms with Crippen LogP contribution in [-0.2, 0) is 54.3 Å². The maximum Gasteiger partial charge on any atom is 0.407 e. The number of rotatable bonds is 27. The fourth-order valence-electron chi connectivity index (χ4n) is 5.28. The van der Waals surface area contributed by atoms with E-state index in [2.05, 4.69) is 26.6 Å². The van der Waals surface area contributed by atoms with Gasteiger partial charge in [-0.25, -0.2) is 9.59 Å². The standard InChI is InChI=1S/C40H61N7O12/c1-27(2)34(46-31(48)11-7-6-8-20-47-32(49)16-17-33(47)50)36(52)45-30(10-9-18-42-38(41)54)35(51)44-29-14-12-28(13-15-29)26-59-39(55)43-19-21-56-22-23-57-24-25-58-37(53)40(3,4)5/h12-17,27,30,34H,6-11,18-26H2,1-5H3,(H,43,55)(H,44,51)(H,45,52)(H,46,48)(H3,41,42,54)/t30-,34?/m1/s1. The lowest BCUT2D eigenvalue weighted by molar-refractivity contribution is -0.154. The maximum absolute atomic E-state index is 13.4. The molecule has 328 valence electrons. The highest BCUT2D eigenvalue weighted by Gasteiger charge is 2.29. The molecule has 0 aromatic heterocycles. The number of carbonyl (C=O) groups is 8. The molecule has 2 rings (SSSR count). The van der Waals surface area contributed by atoms with E-state index in [-0.39, 0.29) is 88.5 Å². The summed E-state index contributed by atoms with van der Waals surface area (Å²) in [5.41, 5.74) is 5.65. The van der Waals surface area contributed by atoms with Gasteiger partial charge in [-0.3, -0.25) is 33.7 Å². The molecule has 2 atom stereocenters. The van der Waals surface area contributed by atoms with Gasteiger partial charge in [0.25, 0.3) is 11.8 Å². The largest absolute Gasteiger partial charge is 0.463 e. The lowest BCUT2D eigenvalue weighted by Crippen LogP contribution is -2.54. The highest BCUT2D eigenvalue weighted by molar-refractivity contribution is 6.12. The number of urea groups is 1. The van der Waals surface area contributed by atoms with E-state index in [1.165, 1.54) is 12.2 Å². The summed E-state index contributed by atoms with van der Waals surface area (Å²) in [5, 5.41) is 13.3. The van der Waals surface area contributed by atoms with E-state index in [0.717, 1.165) is 4.90 Å². The van der Waals surface area contributed by atoms with Gasteiger partial charge in [0.2, 0.25) is 17.7 Å². The molecule has 0 bridgehead atoms. The molecular formula is C40H61N7O12. The van der Waals surface area contributed by atoms with Crippen LogP contribution in [-0.4, -0.2) is 117 Å². The molecule has 0 radical (unpaired) electrons. The number of esters is 1. The molecule has 0 saturated carbocycles. The van der Waals surface area contributed by atoms with E-state index < -0.39 is 41.4 Å². The van der Waals surface area contributed by atoms with Crippen molar-refractivity contribution in [2.24, 2.45) is 17.1 Å². The van der Waals surface area contributed by atoms with Crippen molar-refractivity contribution in [3.05, 3.63) is 42.0 Å². The minimum Gasteiger partial charge on any atom is -0.463 e. The molecule has 0 fully saturated rings. The Labute approximate surface area is 345 Å². The zero-order valence-electron chi connectivity index (χ0n) is 34.7. The normalized spacial score (nSPS) is 13.4. The minimum absolute atomic E-state index is 0.0409. The summed E-state index contributed by atoms with van der Waals surface area (Å²) < 4.78 is 21.1. The van der Waals surface area contributed by atoms with Gasteiger partial charge < -0.3 is 51.3 Å². The third kappa shape index (κ3) is 20.6. The van der Waals surface area contributed by atoms with Gasteiger partial charge in [0.1, 0.15) is 25.3 Å². The molecule has 19 nitrogen and oxygen atoms in total. The predicted octanol–water partition coefficient (Wildman–Crippen LogP) is 2.03. The van der Waals surface area contributed by atoms with E-state index in [9.17, 15) is 38.4 Å². The lowest BCUT2D eigenvalue weighted by atomic mass is 9.97. The molecule has 1 unspecified atom stereocenters. The van der Waals surface area contributed by atoms with E-state index in [1.54, 1.807) is 58.9 Å². The van der Waals surface area contributed by atoms with Crippen LogP contribution in [0.1, 0.15) is 78.7 Å². The maximum atomic E-state index is 13.4. The molecule has 0 aliphatic carbocycles. The topological polar surface area (TPSA) is 263 Å². The number of alkyl carbamates (subject to hydrolysis) is 1. The van der Waals surface area contributed by atoms with Crippen molar-refractivity contribution in [2.45, 2.75) is 91.8 Å². The van der Waals surface area contributed by atoms with Crippen molar-refractivity contribution in [1.29, 1.82) is 0 Å². The average molecular weight is 832 g/mol. The first-order valence-corrected chi connectivity index (χ1v) is 19.8. The first-order chi connectivity index (χ1) is 28.0. The van der Waals surface area contributed by atoms with Crippen molar-refractivity contribution < 1.29 is 57.3 Å². The van der Waals surface area contributed by atoms with Gasteiger partial charge in [-0.2, -0.15) is 0 Å². The molecule has 1 aliphatic heterocycles. The van der Waals surface area contributed by atoms with E-state index in [0.29, 0.717) is 50.1 Å². The first kappa shape index (κ1) is 49.6. The summed E-state index contributed by atoms with van der Waals surface area (Å²) in [6.45, 7) is 10.7. The summed E-state index contributed by atoms with van der Waals surface area (Å²) in [6, 6.07) is 3.84. The number of unbranched alkanes of at least 4 members (excludes halogenated alkanes) is 2. The van der Waals surface area contributed by atoms with Crippen molar-refractivity contribution in [1.82, 2.24) is 26.2 Å². The van der Waals surface area contributed by atoms with Gasteiger partial charge in [0, 0.05) is 43.9 Å². The monoisotopic (exact) mass is 831 g/mol. The third-order valence-corrected chi connectivity index (χ3v) is 8.61. The molecule has 1 heterocycles. The SMILES string of the molecule is CC(C)C(NC(=O)CCCCCN1C(=O)C=CC1=O)C(=O)N[C@H](CCCNC(N)=O)C(=O)Nc1ccc(COC(=O)NCCOCCOCCOC(=O)C(C)(C)C)cc1. The number of hydrogen-bond acceptors (Lipinski definition) is 12. The van der Waals surface area contributed by atoms with Gasteiger partial charge >= 0.3 is 18.1 Å². The van der Waals surface area contributed by atoms with E-state index in [4.69, 9.17) is 24.7 Å². The average Bonchev–Trinajstić information content (AvgIpc) is 3.50. The molecule has 8 amide bonds. The second-order valence-corrected chi connectivity index (χ2v) is 15.1. The van der Waals surface area contributed by atoms with Crippen LogP contribution in [0.15, 0.2) is 36.4 Å². The van der Waals surface area contributed by atoms with Crippen LogP contribution < -0.4 is 32.3 Å². The molecule has 1 aromatic carbocycles. The number of anilines is 1. The summed E-state index contributed by atoms with van der Waals surface area (Å²) in [7, 11) is 0. The molecule has 1 aliphatic rings. The molecule has 19 heteroatoms. The van der Waals surface area contributed by atoms with Gasteiger partial charge in [-0.15, -0.1) is 0 Å². The fraction of sp³-hybridized carbons (Fsp3) is 0.600. The van der Waals surface area contributed by atoms with Gasteiger partial charge in [-0.05, 0) is 70.1 Å². The number of imide groups is 1. The Morgan fingerprint density at radius 3 is 2.02 bits per heavy atom. The predicted molar refractivity (Wildman–Crippen MR) is 215 cm³/mol. The molecule has 1 aromatic rings. The summed E-state index contributed by atoms with van der Waals surface area (Å²) in [6.07, 6.45) is 3.97. The van der Waals surface area contributed by atoms with Crippen LogP contribution >= 0.6 is 0 Å². The van der Waals surface area contributed by atoms with Crippen LogP contribution in [0.3, 0.4) is 0 Å². The quantitative estimate of drug-likeness (QED) is 0.0423. The number of hydrogen-bond donors (Lipinski definition) is 6. The Balaban J connectivity index is 1.78. The number of primary amides is 1. The first-order valence-electron chi connectivity index (χ1n) is 19.8. The summed E-state index contributed by atoms with van der Waals surface area (Å²) in [4.78, 5) is 99.2. The van der Waals surface area contributed by atoms with Crippen LogP contribution in [0.2, 0.25) is 0 Å². The van der Waals surface area contributed by atoms with E-state index in [1.807, 2.05) is 0 Å². The molecular weight excluding hydrogens is 770 g/mol. The van der Waals surface area contributed by atoms with Gasteiger partial charge in [-0.1, -0.05) is 32.4 Å². The number of amides is 8. The van der Waals surface area contributed by atoms with E-state index >= 15 is 0 Å². The Morgan fingerprint density at radius 2 is 1.39 bits per heavy atom. The summed E-state index contributed by atoms with van der Waals surface area (Å²) in [5.74, 6) is -2.78. The summed E-state index contributed by atoms with van der Waals surface area (Å²) >= 11 is 0. The second-order valence-electron chi connectivity index (χ2n) is 15.1. The van der Waals surface area contributed by atoms with Crippen LogP contribution in [0.4, 0.5) is 15.3 Å². The van der Waals surface area contributed by atoms with Crippen molar-refractivity contribution in [3.8, 4) is 0 Å². The van der Waals surface area contributed by atoms with Gasteiger partial charge in [0.05, 0.1) is 31.8 Å². The Bertz CT molecular complexity index is 1580. The van der Waals surface area contributed by atoms with Crippen molar-refractivity contribution in [2.75, 3.05) is 58.0 Å². The number of benzene rings is 1. The van der Waals surface area contributed by atoms with Crippen molar-refractivity contribution in [3.63, 3.8) is 0 Å². The Hall–Kier alpha value is -5.56. The highest BCUT2D eigenvalue weighted by atomic mass is 16.6. The van der Waals surface area contributed by atoms with Crippen molar-refractivity contribution >= 4 is 53.3 Å². The number of carbonyl (C=O) groups excluding carboxylic acids is 8. The Morgan fingerprint density at radius 1 is 0.746 bits per heavy atom. The second kappa shape index (κ2) is 26.4. The smallest absolute Gasteiger partial charge is 0.407 e. The highest BCUT2D eigenvalue weighted by Crippen LogP contribution is 2.15. The molecule has 0 saturated heterocycles. The number of nitrogens with two attached hydrogens (primary N) is 1. The number of nitrogens with one attached hydrogen (secondary N) is 5. The molecule has 59 heavy (non-hydrogen) atoms. The molecule has 0 spiro atoms. The zero-order chi connectivity index (χ0) is 43.8.